The van der Waals surface area contributed by atoms with Gasteiger partial charge in [-0.3, -0.25) is 0 Å². The van der Waals surface area contributed by atoms with Gasteiger partial charge in [-0.2, -0.15) is 0 Å². The maximum absolute atomic E-state index is 5.19. The summed E-state index contributed by atoms with van der Waals surface area (Å²) in [6.07, 6.45) is 0. The van der Waals surface area contributed by atoms with Crippen molar-refractivity contribution in [2.45, 2.75) is 4.90 Å². The van der Waals surface area contributed by atoms with Crippen LogP contribution >= 0.6 is 22.5 Å². The zero-order valence-electron chi connectivity index (χ0n) is 8.23. The van der Waals surface area contributed by atoms with Crippen LogP contribution in [0.3, 0.4) is 0 Å². The number of ether oxygens (including phenoxy) is 3. The Labute approximate surface area is 92.5 Å². The normalized spacial score (nSPS) is 9.71. The van der Waals surface area contributed by atoms with Crippen LogP contribution in [0, 0.1) is 0 Å². The lowest BCUT2D eigenvalue weighted by atomic mass is 10.3. The minimum Gasteiger partial charge on any atom is -0.496 e. The summed E-state index contributed by atoms with van der Waals surface area (Å²) < 4.78 is 15.5. The molecule has 0 aliphatic carbocycles. The first-order valence-electron chi connectivity index (χ1n) is 3.88. The quantitative estimate of drug-likeness (QED) is 0.638. The molecule has 0 aliphatic rings. The second kappa shape index (κ2) is 5.26. The van der Waals surface area contributed by atoms with Gasteiger partial charge in [-0.1, -0.05) is 10.8 Å². The molecule has 3 nitrogen and oxygen atoms in total. The fraction of sp³-hybridized carbons (Fsp3) is 0.333. The lowest BCUT2D eigenvalue weighted by Crippen LogP contribution is -1.93. The van der Waals surface area contributed by atoms with Gasteiger partial charge in [0, 0.05) is 12.1 Å². The van der Waals surface area contributed by atoms with Crippen LogP contribution in [0.15, 0.2) is 17.0 Å². The van der Waals surface area contributed by atoms with Crippen molar-refractivity contribution < 1.29 is 14.2 Å². The van der Waals surface area contributed by atoms with Crippen LogP contribution in [0.4, 0.5) is 0 Å². The van der Waals surface area contributed by atoms with Gasteiger partial charge in [0.05, 0.1) is 21.3 Å². The summed E-state index contributed by atoms with van der Waals surface area (Å²) in [4.78, 5) is 0.846. The Kier molecular flexibility index (Phi) is 4.28. The first kappa shape index (κ1) is 11.4. The predicted octanol–water partition coefficient (Wildman–Crippen LogP) is 2.65. The zero-order valence-corrected chi connectivity index (χ0v) is 9.95. The Morgan fingerprint density at radius 3 is 1.79 bits per heavy atom. The summed E-state index contributed by atoms with van der Waals surface area (Å²) in [5.74, 6) is 2.09. The van der Waals surface area contributed by atoms with Crippen LogP contribution in [-0.4, -0.2) is 21.3 Å². The highest BCUT2D eigenvalue weighted by atomic mass is 33.1. The highest BCUT2D eigenvalue weighted by Gasteiger charge is 2.12. The number of hydrogen-bond acceptors (Lipinski definition) is 5. The molecule has 0 N–H and O–H groups in total. The summed E-state index contributed by atoms with van der Waals surface area (Å²) in [6.45, 7) is 0. The van der Waals surface area contributed by atoms with E-state index >= 15 is 0 Å². The number of methoxy groups -OCH3 is 3. The summed E-state index contributed by atoms with van der Waals surface area (Å²) >= 11 is 4.14. The molecule has 0 radical (unpaired) electrons. The summed E-state index contributed by atoms with van der Waals surface area (Å²) in [7, 11) is 6.08. The van der Waals surface area contributed by atoms with E-state index in [4.69, 9.17) is 14.2 Å². The molecule has 78 valence electrons. The lowest BCUT2D eigenvalue weighted by molar-refractivity contribution is 0.362. The SMILES string of the molecule is COc1cc(OC)c(SS)c(OC)c1. The van der Waals surface area contributed by atoms with Gasteiger partial charge in [-0.25, -0.2) is 0 Å². The van der Waals surface area contributed by atoms with Crippen LogP contribution in [0.25, 0.3) is 0 Å². The molecule has 0 aliphatic heterocycles. The van der Waals surface area contributed by atoms with E-state index in [-0.39, 0.29) is 0 Å². The van der Waals surface area contributed by atoms with E-state index in [0.717, 1.165) is 4.90 Å². The molecule has 14 heavy (non-hydrogen) atoms. The molecule has 1 rings (SSSR count). The molecule has 0 unspecified atom stereocenters. The molecule has 0 amide bonds. The molecular formula is C9H12O3S2. The van der Waals surface area contributed by atoms with Crippen molar-refractivity contribution in [2.75, 3.05) is 21.3 Å². The predicted molar refractivity (Wildman–Crippen MR) is 60.9 cm³/mol. The van der Waals surface area contributed by atoms with Crippen LogP contribution in [0.1, 0.15) is 0 Å². The number of rotatable bonds is 4. The van der Waals surface area contributed by atoms with Gasteiger partial charge in [0.1, 0.15) is 22.1 Å². The van der Waals surface area contributed by atoms with E-state index < -0.39 is 0 Å². The minimum atomic E-state index is 0.696. The van der Waals surface area contributed by atoms with E-state index in [1.807, 2.05) is 0 Å². The van der Waals surface area contributed by atoms with E-state index in [2.05, 4.69) is 11.7 Å². The van der Waals surface area contributed by atoms with Crippen molar-refractivity contribution >= 4 is 22.5 Å². The second-order valence-electron chi connectivity index (χ2n) is 2.45. The minimum absolute atomic E-state index is 0.696. The zero-order chi connectivity index (χ0) is 10.6. The van der Waals surface area contributed by atoms with Crippen molar-refractivity contribution in [1.29, 1.82) is 0 Å². The Morgan fingerprint density at radius 2 is 1.50 bits per heavy atom. The standard InChI is InChI=1S/C9H12O3S2/c1-10-6-4-7(11-2)9(14-13)8(5-6)12-3/h4-5,13H,1-3H3. The van der Waals surface area contributed by atoms with Crippen LogP contribution in [-0.2, 0) is 0 Å². The van der Waals surface area contributed by atoms with Gasteiger partial charge in [-0.15, -0.1) is 11.7 Å². The smallest absolute Gasteiger partial charge is 0.140 e. The van der Waals surface area contributed by atoms with Crippen molar-refractivity contribution in [3.05, 3.63) is 12.1 Å². The van der Waals surface area contributed by atoms with Crippen LogP contribution in [0.5, 0.6) is 17.2 Å². The first-order chi connectivity index (χ1) is 6.76. The Hall–Kier alpha value is -0.680. The van der Waals surface area contributed by atoms with Crippen molar-refractivity contribution in [3.8, 4) is 17.2 Å². The molecule has 0 bridgehead atoms. The number of hydrogen-bond donors (Lipinski definition) is 1. The highest BCUT2D eigenvalue weighted by molar-refractivity contribution is 8.68. The summed E-state index contributed by atoms with van der Waals surface area (Å²) in [6, 6.07) is 3.59. The number of benzene rings is 1. The maximum Gasteiger partial charge on any atom is 0.140 e. The largest absolute Gasteiger partial charge is 0.496 e. The average molecular weight is 232 g/mol. The maximum atomic E-state index is 5.19. The third kappa shape index (κ3) is 2.22. The van der Waals surface area contributed by atoms with Crippen molar-refractivity contribution in [2.24, 2.45) is 0 Å². The molecule has 0 saturated carbocycles. The molecule has 0 saturated heterocycles. The molecule has 0 heterocycles. The fourth-order valence-corrected chi connectivity index (χ4v) is 2.07. The van der Waals surface area contributed by atoms with Gasteiger partial charge in [-0.05, 0) is 0 Å². The lowest BCUT2D eigenvalue weighted by Gasteiger charge is -2.12. The van der Waals surface area contributed by atoms with Crippen LogP contribution < -0.4 is 14.2 Å². The molecule has 0 fully saturated rings. The monoisotopic (exact) mass is 232 g/mol. The average Bonchev–Trinajstić information content (AvgIpc) is 2.26. The third-order valence-electron chi connectivity index (χ3n) is 1.76. The summed E-state index contributed by atoms with van der Waals surface area (Å²) in [5, 5.41) is 0. The van der Waals surface area contributed by atoms with E-state index in [1.165, 1.54) is 10.8 Å². The fourth-order valence-electron chi connectivity index (χ4n) is 1.06. The van der Waals surface area contributed by atoms with E-state index in [1.54, 1.807) is 33.5 Å². The third-order valence-corrected chi connectivity index (χ3v) is 2.89. The Morgan fingerprint density at radius 1 is 1.00 bits per heavy atom. The van der Waals surface area contributed by atoms with Gasteiger partial charge >= 0.3 is 0 Å². The molecule has 1 aromatic rings. The van der Waals surface area contributed by atoms with Gasteiger partial charge in [0.15, 0.2) is 0 Å². The molecule has 1 aromatic carbocycles. The van der Waals surface area contributed by atoms with E-state index in [0.29, 0.717) is 17.2 Å². The van der Waals surface area contributed by atoms with Crippen molar-refractivity contribution in [1.82, 2.24) is 0 Å². The Bertz CT molecular complexity index is 290. The molecular weight excluding hydrogens is 220 g/mol. The van der Waals surface area contributed by atoms with Gasteiger partial charge in [0.25, 0.3) is 0 Å². The molecule has 0 aromatic heterocycles. The number of thiol groups is 1. The first-order valence-corrected chi connectivity index (χ1v) is 5.75. The highest BCUT2D eigenvalue weighted by Crippen LogP contribution is 2.42. The second-order valence-corrected chi connectivity index (χ2v) is 3.59. The topological polar surface area (TPSA) is 27.7 Å². The molecule has 0 spiro atoms. The van der Waals surface area contributed by atoms with E-state index in [9.17, 15) is 0 Å². The van der Waals surface area contributed by atoms with Gasteiger partial charge < -0.3 is 14.2 Å². The van der Waals surface area contributed by atoms with Crippen molar-refractivity contribution in [3.63, 3.8) is 0 Å². The molecule has 0 atom stereocenters. The Balaban J connectivity index is 3.24. The molecule has 5 heteroatoms. The van der Waals surface area contributed by atoms with Crippen LogP contribution in [0.2, 0.25) is 0 Å². The van der Waals surface area contributed by atoms with Gasteiger partial charge in [0.2, 0.25) is 0 Å². The summed E-state index contributed by atoms with van der Waals surface area (Å²) in [5.41, 5.74) is 0.